The van der Waals surface area contributed by atoms with Crippen molar-refractivity contribution < 1.29 is 14.6 Å². The Kier molecular flexibility index (Phi) is 7.20. The van der Waals surface area contributed by atoms with E-state index in [4.69, 9.17) is 9.47 Å². The lowest BCUT2D eigenvalue weighted by Gasteiger charge is -2.30. The highest BCUT2D eigenvalue weighted by molar-refractivity contribution is 5.29. The molecule has 2 aliphatic rings. The van der Waals surface area contributed by atoms with E-state index >= 15 is 0 Å². The lowest BCUT2D eigenvalue weighted by atomic mass is 9.93. The summed E-state index contributed by atoms with van der Waals surface area (Å²) in [6.45, 7) is 4.71. The highest BCUT2D eigenvalue weighted by Gasteiger charge is 2.19. The largest absolute Gasteiger partial charge is 0.491 e. The average Bonchev–Trinajstić information content (AvgIpc) is 2.77. The minimum atomic E-state index is -0.480. The first-order valence-corrected chi connectivity index (χ1v) is 11.0. The van der Waals surface area contributed by atoms with Crippen molar-refractivity contribution in [2.75, 3.05) is 32.9 Å². The summed E-state index contributed by atoms with van der Waals surface area (Å²) >= 11 is 0. The molecule has 29 heavy (non-hydrogen) atoms. The number of hydrogen-bond donors (Lipinski definition) is 1. The summed E-state index contributed by atoms with van der Waals surface area (Å²) in [5, 5.41) is 10.5. The fourth-order valence-electron chi connectivity index (χ4n) is 4.45. The topological polar surface area (TPSA) is 41.9 Å². The van der Waals surface area contributed by atoms with Crippen LogP contribution in [0.4, 0.5) is 0 Å². The van der Waals surface area contributed by atoms with Crippen LogP contribution in [0.5, 0.6) is 5.75 Å². The molecule has 1 unspecified atom stereocenters. The SMILES string of the molecule is OC(COc1cccc(CCC2CCOCC2)c1)CN1CCc2ccccc2C1. The van der Waals surface area contributed by atoms with Gasteiger partial charge in [-0.25, -0.2) is 0 Å². The fourth-order valence-corrected chi connectivity index (χ4v) is 4.45. The molecule has 0 bridgehead atoms. The molecule has 1 fully saturated rings. The van der Waals surface area contributed by atoms with Gasteiger partial charge in [0.1, 0.15) is 18.5 Å². The molecule has 156 valence electrons. The molecule has 2 aliphatic heterocycles. The van der Waals surface area contributed by atoms with Crippen molar-refractivity contribution in [2.45, 2.75) is 44.8 Å². The first-order chi connectivity index (χ1) is 14.3. The van der Waals surface area contributed by atoms with Crippen molar-refractivity contribution in [3.8, 4) is 5.75 Å². The van der Waals surface area contributed by atoms with Crippen molar-refractivity contribution in [3.63, 3.8) is 0 Å². The van der Waals surface area contributed by atoms with E-state index in [0.29, 0.717) is 13.2 Å². The number of nitrogens with zero attached hydrogens (tertiary/aromatic N) is 1. The van der Waals surface area contributed by atoms with Crippen molar-refractivity contribution in [1.82, 2.24) is 4.90 Å². The van der Waals surface area contributed by atoms with Gasteiger partial charge in [-0.05, 0) is 66.8 Å². The van der Waals surface area contributed by atoms with Gasteiger partial charge >= 0.3 is 0 Å². The van der Waals surface area contributed by atoms with Crippen LogP contribution < -0.4 is 4.74 Å². The number of aliphatic hydroxyl groups excluding tert-OH is 1. The van der Waals surface area contributed by atoms with Crippen molar-refractivity contribution in [3.05, 3.63) is 65.2 Å². The van der Waals surface area contributed by atoms with Crippen LogP contribution in [0.2, 0.25) is 0 Å². The predicted molar refractivity (Wildman–Crippen MR) is 115 cm³/mol. The first-order valence-electron chi connectivity index (χ1n) is 11.0. The molecule has 0 aliphatic carbocycles. The van der Waals surface area contributed by atoms with Crippen LogP contribution in [0.3, 0.4) is 0 Å². The van der Waals surface area contributed by atoms with Gasteiger partial charge in [0.25, 0.3) is 0 Å². The molecule has 0 amide bonds. The molecule has 4 nitrogen and oxygen atoms in total. The van der Waals surface area contributed by atoms with Crippen LogP contribution >= 0.6 is 0 Å². The number of benzene rings is 2. The van der Waals surface area contributed by atoms with E-state index in [2.05, 4.69) is 47.4 Å². The zero-order chi connectivity index (χ0) is 19.9. The second kappa shape index (κ2) is 10.2. The summed E-state index contributed by atoms with van der Waals surface area (Å²) in [4.78, 5) is 2.32. The minimum Gasteiger partial charge on any atom is -0.491 e. The fraction of sp³-hybridized carbons (Fsp3) is 0.520. The summed E-state index contributed by atoms with van der Waals surface area (Å²) in [5.41, 5.74) is 4.13. The summed E-state index contributed by atoms with van der Waals surface area (Å²) in [6.07, 6.45) is 5.24. The van der Waals surface area contributed by atoms with Crippen molar-refractivity contribution >= 4 is 0 Å². The van der Waals surface area contributed by atoms with E-state index in [9.17, 15) is 5.11 Å². The van der Waals surface area contributed by atoms with E-state index < -0.39 is 6.10 Å². The second-order valence-corrected chi connectivity index (χ2v) is 8.46. The Morgan fingerprint density at radius 2 is 1.90 bits per heavy atom. The zero-order valence-electron chi connectivity index (χ0n) is 17.3. The van der Waals surface area contributed by atoms with Crippen LogP contribution in [0.15, 0.2) is 48.5 Å². The molecule has 1 N–H and O–H groups in total. The number of β-amino-alcohol motifs (C(OH)–C–C–N with tert-alkyl or cyclic N) is 1. The van der Waals surface area contributed by atoms with Gasteiger partial charge in [0.15, 0.2) is 0 Å². The van der Waals surface area contributed by atoms with Gasteiger partial charge in [0, 0.05) is 32.8 Å². The molecular weight excluding hydrogens is 362 g/mol. The molecule has 0 radical (unpaired) electrons. The summed E-state index contributed by atoms with van der Waals surface area (Å²) in [5.74, 6) is 1.64. The Morgan fingerprint density at radius 1 is 1.07 bits per heavy atom. The lowest BCUT2D eigenvalue weighted by Crippen LogP contribution is -2.38. The van der Waals surface area contributed by atoms with Crippen molar-refractivity contribution in [1.29, 1.82) is 0 Å². The molecular formula is C25H33NO3. The Balaban J connectivity index is 1.21. The summed E-state index contributed by atoms with van der Waals surface area (Å²) in [6, 6.07) is 16.9. The molecule has 2 aromatic rings. The normalized spacial score (nSPS) is 18.9. The van der Waals surface area contributed by atoms with E-state index in [1.165, 1.54) is 36.0 Å². The molecule has 1 atom stereocenters. The highest BCUT2D eigenvalue weighted by atomic mass is 16.5. The quantitative estimate of drug-likeness (QED) is 0.737. The Labute approximate surface area is 174 Å². The molecule has 0 saturated carbocycles. The third-order valence-electron chi connectivity index (χ3n) is 6.20. The molecule has 4 heteroatoms. The highest BCUT2D eigenvalue weighted by Crippen LogP contribution is 2.23. The summed E-state index contributed by atoms with van der Waals surface area (Å²) in [7, 11) is 0. The van der Waals surface area contributed by atoms with Crippen LogP contribution in [0.1, 0.15) is 36.0 Å². The predicted octanol–water partition coefficient (Wildman–Crippen LogP) is 3.84. The minimum absolute atomic E-state index is 0.335. The molecule has 0 aromatic heterocycles. The number of fused-ring (bicyclic) bond motifs is 1. The number of aryl methyl sites for hydroxylation is 1. The molecule has 4 rings (SSSR count). The lowest BCUT2D eigenvalue weighted by molar-refractivity contribution is 0.0634. The maximum atomic E-state index is 10.5. The van der Waals surface area contributed by atoms with E-state index in [1.807, 2.05) is 6.07 Å². The van der Waals surface area contributed by atoms with Gasteiger partial charge in [-0.2, -0.15) is 0 Å². The van der Waals surface area contributed by atoms with Crippen LogP contribution in [-0.4, -0.2) is 49.0 Å². The maximum absolute atomic E-state index is 10.5. The standard InChI is InChI=1S/C25H33NO3/c27-24(18-26-13-10-22-5-1-2-6-23(22)17-26)19-29-25-7-3-4-21(16-25)9-8-20-11-14-28-15-12-20/h1-7,16,20,24,27H,8-15,17-19H2. The third-order valence-corrected chi connectivity index (χ3v) is 6.20. The maximum Gasteiger partial charge on any atom is 0.119 e. The smallest absolute Gasteiger partial charge is 0.119 e. The van der Waals surface area contributed by atoms with Gasteiger partial charge in [0.05, 0.1) is 0 Å². The van der Waals surface area contributed by atoms with Gasteiger partial charge in [0.2, 0.25) is 0 Å². The average molecular weight is 396 g/mol. The second-order valence-electron chi connectivity index (χ2n) is 8.46. The molecule has 2 heterocycles. The van der Waals surface area contributed by atoms with Gasteiger partial charge in [-0.3, -0.25) is 4.90 Å². The van der Waals surface area contributed by atoms with Crippen molar-refractivity contribution in [2.24, 2.45) is 5.92 Å². The Bertz CT molecular complexity index is 772. The van der Waals surface area contributed by atoms with E-state index in [1.54, 1.807) is 0 Å². The molecule has 1 saturated heterocycles. The van der Waals surface area contributed by atoms with Crippen LogP contribution in [0.25, 0.3) is 0 Å². The van der Waals surface area contributed by atoms with E-state index in [0.717, 1.165) is 50.8 Å². The van der Waals surface area contributed by atoms with Crippen LogP contribution in [-0.2, 0) is 24.1 Å². The number of rotatable bonds is 8. The van der Waals surface area contributed by atoms with E-state index in [-0.39, 0.29) is 0 Å². The van der Waals surface area contributed by atoms with Gasteiger partial charge in [-0.1, -0.05) is 36.4 Å². The Morgan fingerprint density at radius 3 is 2.76 bits per heavy atom. The van der Waals surface area contributed by atoms with Gasteiger partial charge < -0.3 is 14.6 Å². The summed E-state index contributed by atoms with van der Waals surface area (Å²) < 4.78 is 11.4. The third kappa shape index (κ3) is 6.05. The molecule has 2 aromatic carbocycles. The number of hydrogen-bond acceptors (Lipinski definition) is 4. The number of aliphatic hydroxyl groups is 1. The van der Waals surface area contributed by atoms with Crippen LogP contribution in [0, 0.1) is 5.92 Å². The Hall–Kier alpha value is -1.88. The first kappa shape index (κ1) is 20.4. The monoisotopic (exact) mass is 395 g/mol. The number of ether oxygens (including phenoxy) is 2. The zero-order valence-corrected chi connectivity index (χ0v) is 17.3. The van der Waals surface area contributed by atoms with Gasteiger partial charge in [-0.15, -0.1) is 0 Å². The molecule has 0 spiro atoms.